The predicted molar refractivity (Wildman–Crippen MR) is 55.4 cm³/mol. The average molecular weight is 215 g/mol. The van der Waals surface area contributed by atoms with Gasteiger partial charge in [0.05, 0.1) is 5.69 Å². The van der Waals surface area contributed by atoms with E-state index in [-0.39, 0.29) is 0 Å². The third-order valence-electron chi connectivity index (χ3n) is 2.68. The Balaban J connectivity index is 2.42. The van der Waals surface area contributed by atoms with E-state index in [1.807, 2.05) is 4.57 Å². The van der Waals surface area contributed by atoms with Crippen LogP contribution in [0.25, 0.3) is 0 Å². The topological polar surface area (TPSA) is 38.0 Å². The summed E-state index contributed by atoms with van der Waals surface area (Å²) in [4.78, 5) is 4.30. The average Bonchev–Trinajstić information content (AvgIpc) is 2.46. The Hall–Kier alpha value is -0.540. The second kappa shape index (κ2) is 3.91. The van der Waals surface area contributed by atoms with Gasteiger partial charge in [0.1, 0.15) is 12.1 Å². The van der Waals surface area contributed by atoms with Crippen molar-refractivity contribution in [3.63, 3.8) is 0 Å². The normalized spacial score (nSPS) is 20.9. The van der Waals surface area contributed by atoms with E-state index in [4.69, 9.17) is 11.6 Å². The fraction of sp³-hybridized carbons (Fsp3) is 0.700. The summed E-state index contributed by atoms with van der Waals surface area (Å²) in [6.45, 7) is 2.10. The van der Waals surface area contributed by atoms with E-state index >= 15 is 0 Å². The quantitative estimate of drug-likeness (QED) is 0.821. The third-order valence-corrected chi connectivity index (χ3v) is 2.98. The first-order valence-corrected chi connectivity index (χ1v) is 5.55. The van der Waals surface area contributed by atoms with Crippen molar-refractivity contribution < 1.29 is 5.11 Å². The zero-order valence-electron chi connectivity index (χ0n) is 8.33. The lowest BCUT2D eigenvalue weighted by Gasteiger charge is -2.22. The molecule has 78 valence electrons. The Morgan fingerprint density at radius 1 is 1.64 bits per heavy atom. The second-order valence-electron chi connectivity index (χ2n) is 3.76. The molecule has 2 heterocycles. The minimum atomic E-state index is -0.416. The van der Waals surface area contributed by atoms with E-state index in [9.17, 15) is 5.11 Å². The van der Waals surface area contributed by atoms with Crippen molar-refractivity contribution in [2.75, 3.05) is 0 Å². The molecule has 0 radical (unpaired) electrons. The number of nitrogens with zero attached hydrogens (tertiary/aromatic N) is 2. The largest absolute Gasteiger partial charge is 0.373 e. The summed E-state index contributed by atoms with van der Waals surface area (Å²) in [5.41, 5.74) is 1.01. The van der Waals surface area contributed by atoms with Crippen molar-refractivity contribution in [2.24, 2.45) is 0 Å². The summed E-state index contributed by atoms with van der Waals surface area (Å²) in [5.74, 6) is 0.930. The van der Waals surface area contributed by atoms with E-state index in [1.54, 1.807) is 0 Å². The van der Waals surface area contributed by atoms with Gasteiger partial charge >= 0.3 is 0 Å². The van der Waals surface area contributed by atoms with Gasteiger partial charge in [-0.2, -0.15) is 0 Å². The summed E-state index contributed by atoms with van der Waals surface area (Å²) in [6.07, 6.45) is 4.25. The highest BCUT2D eigenvalue weighted by Gasteiger charge is 2.23. The number of fused-ring (bicyclic) bond motifs is 1. The molecule has 0 saturated heterocycles. The van der Waals surface area contributed by atoms with Gasteiger partial charge in [-0.05, 0) is 25.7 Å². The Kier molecular flexibility index (Phi) is 2.79. The van der Waals surface area contributed by atoms with Gasteiger partial charge in [-0.1, -0.05) is 18.5 Å². The van der Waals surface area contributed by atoms with E-state index in [2.05, 4.69) is 11.9 Å². The lowest BCUT2D eigenvalue weighted by atomic mass is 10.1. The molecule has 1 N–H and O–H groups in total. The number of aliphatic hydroxyl groups is 1. The van der Waals surface area contributed by atoms with Crippen molar-refractivity contribution in [2.45, 2.75) is 45.3 Å². The van der Waals surface area contributed by atoms with Gasteiger partial charge < -0.3 is 9.67 Å². The number of imidazole rings is 1. The van der Waals surface area contributed by atoms with Crippen LogP contribution in [-0.2, 0) is 12.8 Å². The van der Waals surface area contributed by atoms with Crippen LogP contribution >= 0.6 is 11.6 Å². The van der Waals surface area contributed by atoms with Gasteiger partial charge in [0.25, 0.3) is 0 Å². The molecule has 4 heteroatoms. The summed E-state index contributed by atoms with van der Waals surface area (Å²) in [7, 11) is 0. The van der Waals surface area contributed by atoms with Crippen molar-refractivity contribution in [3.05, 3.63) is 16.7 Å². The lowest BCUT2D eigenvalue weighted by Crippen LogP contribution is -2.19. The minimum absolute atomic E-state index is 0.416. The number of aliphatic hydroxyl groups excluding tert-OH is 1. The zero-order valence-corrected chi connectivity index (χ0v) is 9.09. The first-order valence-electron chi connectivity index (χ1n) is 5.17. The summed E-state index contributed by atoms with van der Waals surface area (Å²) >= 11 is 6.02. The highest BCUT2D eigenvalue weighted by Crippen LogP contribution is 2.30. The molecule has 0 aromatic carbocycles. The van der Waals surface area contributed by atoms with Crippen LogP contribution in [0, 0.1) is 0 Å². The fourth-order valence-corrected chi connectivity index (χ4v) is 2.33. The molecule has 3 nitrogen and oxygen atoms in total. The van der Waals surface area contributed by atoms with Gasteiger partial charge in [0, 0.05) is 6.42 Å². The SMILES string of the molecule is CCCc1nc(Cl)c2n1C(O)CCC2. The standard InChI is InChI=1S/C10H15ClN2O/c1-2-4-8-12-10(11)7-5-3-6-9(14)13(7)8/h9,14H,2-6H2,1H3. The van der Waals surface area contributed by atoms with Crippen molar-refractivity contribution in [1.82, 2.24) is 9.55 Å². The molecule has 0 spiro atoms. The number of aryl methyl sites for hydroxylation is 1. The molecule has 1 unspecified atom stereocenters. The molecular weight excluding hydrogens is 200 g/mol. The predicted octanol–water partition coefficient (Wildman–Crippen LogP) is 2.32. The highest BCUT2D eigenvalue weighted by atomic mass is 35.5. The van der Waals surface area contributed by atoms with Crippen LogP contribution in [0.4, 0.5) is 0 Å². The molecule has 1 aliphatic rings. The molecule has 0 aliphatic carbocycles. The molecular formula is C10H15ClN2O. The van der Waals surface area contributed by atoms with E-state index in [0.29, 0.717) is 5.15 Å². The summed E-state index contributed by atoms with van der Waals surface area (Å²) < 4.78 is 1.91. The number of hydrogen-bond acceptors (Lipinski definition) is 2. The summed E-state index contributed by atoms with van der Waals surface area (Å²) in [5, 5.41) is 10.4. The minimum Gasteiger partial charge on any atom is -0.373 e. The van der Waals surface area contributed by atoms with E-state index in [0.717, 1.165) is 43.6 Å². The van der Waals surface area contributed by atoms with Gasteiger partial charge in [0.2, 0.25) is 0 Å². The maximum Gasteiger partial charge on any atom is 0.150 e. The van der Waals surface area contributed by atoms with Gasteiger partial charge in [-0.15, -0.1) is 0 Å². The molecule has 0 amide bonds. The fourth-order valence-electron chi connectivity index (χ4n) is 2.04. The smallest absolute Gasteiger partial charge is 0.150 e. The monoisotopic (exact) mass is 214 g/mol. The van der Waals surface area contributed by atoms with Crippen molar-refractivity contribution in [3.8, 4) is 0 Å². The number of rotatable bonds is 2. The Bertz CT molecular complexity index is 335. The number of halogens is 1. The van der Waals surface area contributed by atoms with Gasteiger partial charge in [-0.3, -0.25) is 0 Å². The highest BCUT2D eigenvalue weighted by molar-refractivity contribution is 6.30. The van der Waals surface area contributed by atoms with Gasteiger partial charge in [-0.25, -0.2) is 4.98 Å². The Morgan fingerprint density at radius 2 is 2.43 bits per heavy atom. The molecule has 0 bridgehead atoms. The van der Waals surface area contributed by atoms with Gasteiger partial charge in [0.15, 0.2) is 5.15 Å². The van der Waals surface area contributed by atoms with Crippen molar-refractivity contribution in [1.29, 1.82) is 0 Å². The molecule has 14 heavy (non-hydrogen) atoms. The maximum atomic E-state index is 9.85. The molecule has 1 aromatic rings. The van der Waals surface area contributed by atoms with Crippen LogP contribution in [0.3, 0.4) is 0 Å². The Labute approximate surface area is 88.7 Å². The number of aromatic nitrogens is 2. The lowest BCUT2D eigenvalue weighted by molar-refractivity contribution is 0.0758. The first-order chi connectivity index (χ1) is 6.74. The molecule has 1 aromatic heterocycles. The van der Waals surface area contributed by atoms with E-state index < -0.39 is 6.23 Å². The summed E-state index contributed by atoms with van der Waals surface area (Å²) in [6, 6.07) is 0. The molecule has 0 fully saturated rings. The van der Waals surface area contributed by atoms with E-state index in [1.165, 1.54) is 0 Å². The third kappa shape index (κ3) is 1.55. The maximum absolute atomic E-state index is 9.85. The first kappa shape index (κ1) is 9.99. The zero-order chi connectivity index (χ0) is 10.1. The molecule has 0 saturated carbocycles. The molecule has 2 rings (SSSR count). The van der Waals surface area contributed by atoms with Crippen LogP contribution in [0.2, 0.25) is 5.15 Å². The van der Waals surface area contributed by atoms with Crippen LogP contribution in [0.15, 0.2) is 0 Å². The van der Waals surface area contributed by atoms with Crippen LogP contribution in [-0.4, -0.2) is 14.7 Å². The Morgan fingerprint density at radius 3 is 3.14 bits per heavy atom. The van der Waals surface area contributed by atoms with Crippen LogP contribution in [0.1, 0.15) is 43.9 Å². The van der Waals surface area contributed by atoms with Crippen LogP contribution < -0.4 is 0 Å². The second-order valence-corrected chi connectivity index (χ2v) is 4.12. The van der Waals surface area contributed by atoms with Crippen molar-refractivity contribution >= 4 is 11.6 Å². The van der Waals surface area contributed by atoms with Crippen LogP contribution in [0.5, 0.6) is 0 Å². The number of hydrogen-bond donors (Lipinski definition) is 1. The molecule has 1 aliphatic heterocycles. The molecule has 1 atom stereocenters.